The van der Waals surface area contributed by atoms with E-state index in [0.29, 0.717) is 25.9 Å². The topological polar surface area (TPSA) is 84.0 Å². The van der Waals surface area contributed by atoms with Crippen LogP contribution in [-0.2, 0) is 24.3 Å². The Morgan fingerprint density at radius 1 is 1.27 bits per heavy atom. The number of rotatable bonds is 5. The summed E-state index contributed by atoms with van der Waals surface area (Å²) >= 11 is 0. The number of amides is 1. The average molecular weight is 386 g/mol. The molecule has 26 heavy (non-hydrogen) atoms. The van der Waals surface area contributed by atoms with Gasteiger partial charge in [0.15, 0.2) is 0 Å². The van der Waals surface area contributed by atoms with Gasteiger partial charge in [0.1, 0.15) is 11.9 Å². The average Bonchev–Trinajstić information content (AvgIpc) is 2.61. The molecule has 1 aromatic rings. The van der Waals surface area contributed by atoms with Crippen LogP contribution >= 0.6 is 0 Å². The van der Waals surface area contributed by atoms with Crippen molar-refractivity contribution in [2.75, 3.05) is 30.8 Å². The maximum absolute atomic E-state index is 14.1. The van der Waals surface area contributed by atoms with Crippen molar-refractivity contribution >= 4 is 27.6 Å². The highest BCUT2D eigenvalue weighted by molar-refractivity contribution is 7.92. The molecular weight excluding hydrogens is 363 g/mol. The number of methoxy groups -OCH3 is 1. The van der Waals surface area contributed by atoms with Gasteiger partial charge >= 0.3 is 5.97 Å². The highest BCUT2D eigenvalue weighted by Gasteiger charge is 2.35. The Labute approximate surface area is 152 Å². The van der Waals surface area contributed by atoms with Gasteiger partial charge in [0.05, 0.1) is 25.0 Å². The lowest BCUT2D eigenvalue weighted by atomic mass is 9.96. The fourth-order valence-corrected chi connectivity index (χ4v) is 4.34. The van der Waals surface area contributed by atoms with Crippen LogP contribution in [0.2, 0.25) is 0 Å². The normalized spacial score (nSPS) is 16.8. The number of carbonyl (C=O) groups is 2. The van der Waals surface area contributed by atoms with Gasteiger partial charge in [0.25, 0.3) is 0 Å². The predicted octanol–water partition coefficient (Wildman–Crippen LogP) is 1.39. The number of ether oxygens (including phenoxy) is 1. The van der Waals surface area contributed by atoms with E-state index in [2.05, 4.69) is 0 Å². The lowest BCUT2D eigenvalue weighted by Gasteiger charge is -2.36. The largest absolute Gasteiger partial charge is 0.469 e. The van der Waals surface area contributed by atoms with Crippen LogP contribution in [0.1, 0.15) is 19.8 Å². The number of carbonyl (C=O) groups excluding carboxylic acids is 2. The second-order valence-electron chi connectivity index (χ2n) is 6.31. The number of likely N-dealkylation sites (tertiary alicyclic amines) is 1. The van der Waals surface area contributed by atoms with Crippen LogP contribution in [-0.4, -0.2) is 57.7 Å². The molecule has 1 fully saturated rings. The molecule has 0 bridgehead atoms. The fourth-order valence-electron chi connectivity index (χ4n) is 3.17. The van der Waals surface area contributed by atoms with E-state index in [1.54, 1.807) is 0 Å². The summed E-state index contributed by atoms with van der Waals surface area (Å²) in [4.78, 5) is 25.9. The standard InChI is InChI=1S/C17H23FN2O5S/c1-12(16(21)19-10-8-13(9-11-19)17(22)25-2)20(26(3,23)24)15-7-5-4-6-14(15)18/h4-7,12-13H,8-11H2,1-3H3/t12-/m0/s1. The minimum absolute atomic E-state index is 0.166. The van der Waals surface area contributed by atoms with Crippen molar-refractivity contribution in [3.63, 3.8) is 0 Å². The lowest BCUT2D eigenvalue weighted by molar-refractivity contribution is -0.149. The molecule has 1 heterocycles. The molecule has 1 atom stereocenters. The quantitative estimate of drug-likeness (QED) is 0.714. The summed E-state index contributed by atoms with van der Waals surface area (Å²) in [6, 6.07) is 4.33. The molecular formula is C17H23FN2O5S. The summed E-state index contributed by atoms with van der Waals surface area (Å²) in [5.74, 6) is -1.73. The summed E-state index contributed by atoms with van der Waals surface area (Å²) in [7, 11) is -2.56. The Kier molecular flexibility index (Phi) is 6.22. The van der Waals surface area contributed by atoms with E-state index in [9.17, 15) is 22.4 Å². The van der Waals surface area contributed by atoms with E-state index in [4.69, 9.17) is 4.74 Å². The van der Waals surface area contributed by atoms with Gasteiger partial charge < -0.3 is 9.64 Å². The number of anilines is 1. The van der Waals surface area contributed by atoms with Crippen LogP contribution in [0.25, 0.3) is 0 Å². The van der Waals surface area contributed by atoms with Crippen molar-refractivity contribution in [2.45, 2.75) is 25.8 Å². The van der Waals surface area contributed by atoms with E-state index in [1.807, 2.05) is 0 Å². The third-order valence-electron chi connectivity index (χ3n) is 4.50. The molecule has 0 unspecified atom stereocenters. The number of hydrogen-bond donors (Lipinski definition) is 0. The van der Waals surface area contributed by atoms with Crippen LogP contribution in [0, 0.1) is 11.7 Å². The predicted molar refractivity (Wildman–Crippen MR) is 94.5 cm³/mol. The molecule has 1 aliphatic rings. The molecule has 1 aliphatic heterocycles. The fraction of sp³-hybridized carbons (Fsp3) is 0.529. The van der Waals surface area contributed by atoms with Crippen LogP contribution in [0.3, 0.4) is 0 Å². The number of halogens is 1. The smallest absolute Gasteiger partial charge is 0.308 e. The molecule has 0 radical (unpaired) electrons. The van der Waals surface area contributed by atoms with E-state index >= 15 is 0 Å². The molecule has 1 aromatic carbocycles. The third kappa shape index (κ3) is 4.32. The summed E-state index contributed by atoms with van der Waals surface area (Å²) in [6.07, 6.45) is 1.83. The Bertz CT molecular complexity index is 775. The highest BCUT2D eigenvalue weighted by atomic mass is 32.2. The van der Waals surface area contributed by atoms with Crippen LogP contribution in [0.15, 0.2) is 24.3 Å². The molecule has 9 heteroatoms. The van der Waals surface area contributed by atoms with Gasteiger partial charge in [-0.05, 0) is 31.9 Å². The van der Waals surface area contributed by atoms with Crippen molar-refractivity contribution in [1.82, 2.24) is 4.90 Å². The van der Waals surface area contributed by atoms with Gasteiger partial charge in [0.2, 0.25) is 15.9 Å². The Morgan fingerprint density at radius 3 is 2.35 bits per heavy atom. The highest BCUT2D eigenvalue weighted by Crippen LogP contribution is 2.26. The molecule has 144 valence electrons. The Morgan fingerprint density at radius 2 is 1.85 bits per heavy atom. The molecule has 2 rings (SSSR count). The van der Waals surface area contributed by atoms with E-state index in [-0.39, 0.29) is 17.6 Å². The van der Waals surface area contributed by atoms with Crippen molar-refractivity contribution < 1.29 is 27.1 Å². The minimum Gasteiger partial charge on any atom is -0.469 e. The van der Waals surface area contributed by atoms with E-state index < -0.39 is 27.8 Å². The summed E-state index contributed by atoms with van der Waals surface area (Å²) in [5.41, 5.74) is -0.166. The number of para-hydroxylation sites is 1. The first-order chi connectivity index (χ1) is 12.2. The second-order valence-corrected chi connectivity index (χ2v) is 8.17. The van der Waals surface area contributed by atoms with Crippen molar-refractivity contribution in [1.29, 1.82) is 0 Å². The number of benzene rings is 1. The molecule has 0 aliphatic carbocycles. The van der Waals surface area contributed by atoms with Crippen LogP contribution in [0.5, 0.6) is 0 Å². The zero-order valence-corrected chi connectivity index (χ0v) is 15.8. The summed E-state index contributed by atoms with van der Waals surface area (Å²) < 4.78 is 44.1. The molecule has 7 nitrogen and oxygen atoms in total. The van der Waals surface area contributed by atoms with Gasteiger partial charge in [-0.2, -0.15) is 0 Å². The van der Waals surface area contributed by atoms with Gasteiger partial charge in [-0.3, -0.25) is 13.9 Å². The number of piperidine rings is 1. The maximum atomic E-state index is 14.1. The molecule has 1 saturated heterocycles. The monoisotopic (exact) mass is 386 g/mol. The van der Waals surface area contributed by atoms with Gasteiger partial charge in [-0.1, -0.05) is 12.1 Å². The first-order valence-electron chi connectivity index (χ1n) is 8.27. The molecule has 0 aromatic heterocycles. The van der Waals surface area contributed by atoms with Gasteiger partial charge in [0, 0.05) is 13.1 Å². The van der Waals surface area contributed by atoms with Crippen molar-refractivity contribution in [3.05, 3.63) is 30.1 Å². The number of sulfonamides is 1. The van der Waals surface area contributed by atoms with Crippen LogP contribution in [0.4, 0.5) is 10.1 Å². The lowest BCUT2D eigenvalue weighted by Crippen LogP contribution is -2.52. The molecule has 0 saturated carbocycles. The van der Waals surface area contributed by atoms with Gasteiger partial charge in [-0.15, -0.1) is 0 Å². The molecule has 0 spiro atoms. The Balaban J connectivity index is 2.19. The zero-order chi connectivity index (χ0) is 19.5. The first kappa shape index (κ1) is 20.2. The number of hydrogen-bond acceptors (Lipinski definition) is 5. The summed E-state index contributed by atoms with van der Waals surface area (Å²) in [6.45, 7) is 2.07. The number of nitrogens with zero attached hydrogens (tertiary/aromatic N) is 2. The van der Waals surface area contributed by atoms with E-state index in [0.717, 1.165) is 16.6 Å². The molecule has 0 N–H and O–H groups in total. The number of esters is 1. The van der Waals surface area contributed by atoms with Gasteiger partial charge in [-0.25, -0.2) is 12.8 Å². The van der Waals surface area contributed by atoms with Crippen molar-refractivity contribution in [2.24, 2.45) is 5.92 Å². The molecule has 1 amide bonds. The Hall–Kier alpha value is -2.16. The minimum atomic E-state index is -3.88. The first-order valence-corrected chi connectivity index (χ1v) is 10.1. The second kappa shape index (κ2) is 8.03. The SMILES string of the molecule is COC(=O)C1CCN(C(=O)[C@H](C)N(c2ccccc2F)S(C)(=O)=O)CC1. The zero-order valence-electron chi connectivity index (χ0n) is 15.0. The summed E-state index contributed by atoms with van der Waals surface area (Å²) in [5, 5.41) is 0. The van der Waals surface area contributed by atoms with Crippen LogP contribution < -0.4 is 4.31 Å². The maximum Gasteiger partial charge on any atom is 0.308 e. The van der Waals surface area contributed by atoms with E-state index in [1.165, 1.54) is 37.1 Å². The van der Waals surface area contributed by atoms with Crippen molar-refractivity contribution in [3.8, 4) is 0 Å². The third-order valence-corrected chi connectivity index (χ3v) is 5.73.